The summed E-state index contributed by atoms with van der Waals surface area (Å²) < 4.78 is 12.6. The number of nitrogens with zero attached hydrogens (tertiary/aromatic N) is 5. The molecule has 1 N–H and O–H groups in total. The number of aromatic nitrogens is 4. The molecule has 1 amide bonds. The van der Waals surface area contributed by atoms with Crippen molar-refractivity contribution in [1.82, 2.24) is 24.6 Å². The predicted molar refractivity (Wildman–Crippen MR) is 108 cm³/mol. The number of nitrogens with one attached hydrogen (secondary N) is 1. The van der Waals surface area contributed by atoms with E-state index in [0.717, 1.165) is 47.5 Å². The van der Waals surface area contributed by atoms with Crippen LogP contribution in [0.2, 0.25) is 0 Å². The van der Waals surface area contributed by atoms with Crippen molar-refractivity contribution in [2.75, 3.05) is 44.3 Å². The van der Waals surface area contributed by atoms with Crippen LogP contribution in [0.15, 0.2) is 30.7 Å². The number of piperazine rings is 1. The van der Waals surface area contributed by atoms with Gasteiger partial charge in [0.1, 0.15) is 11.8 Å². The highest BCUT2D eigenvalue weighted by Crippen LogP contribution is 2.30. The third kappa shape index (κ3) is 3.53. The first-order valence-corrected chi connectivity index (χ1v) is 9.92. The van der Waals surface area contributed by atoms with E-state index in [4.69, 9.17) is 9.47 Å². The van der Waals surface area contributed by atoms with Gasteiger partial charge in [0.05, 0.1) is 25.1 Å². The van der Waals surface area contributed by atoms with Crippen LogP contribution in [0.4, 0.5) is 10.5 Å². The molecule has 2 aliphatic heterocycles. The zero-order chi connectivity index (χ0) is 19.8. The second kappa shape index (κ2) is 7.40. The molecule has 2 saturated heterocycles. The van der Waals surface area contributed by atoms with Gasteiger partial charge in [0.2, 0.25) is 0 Å². The molecule has 5 heterocycles. The zero-order valence-electron chi connectivity index (χ0n) is 16.4. The van der Waals surface area contributed by atoms with Crippen molar-refractivity contribution < 1.29 is 14.3 Å². The molecule has 1 atom stereocenters. The smallest absolute Gasteiger partial charge is 0.410 e. The van der Waals surface area contributed by atoms with E-state index in [1.165, 1.54) is 0 Å². The van der Waals surface area contributed by atoms with E-state index in [0.29, 0.717) is 26.3 Å². The maximum atomic E-state index is 12.4. The summed E-state index contributed by atoms with van der Waals surface area (Å²) in [5, 5.41) is 5.32. The van der Waals surface area contributed by atoms with Gasteiger partial charge in [-0.3, -0.25) is 4.68 Å². The standard InChI is InChI=1S/C20H24N6O3/c1-24-12-14(11-22-24)17-10-16-18(2-4-21-19(16)23-17)25-5-7-26(8-6-25)20(27)29-15-3-9-28-13-15/h2,4,10-12,15H,3,5-9,13H2,1H3,(H,21,23)/t15-/m0/s1. The Hall–Kier alpha value is -3.07. The van der Waals surface area contributed by atoms with Crippen molar-refractivity contribution in [2.24, 2.45) is 7.05 Å². The Kier molecular flexibility index (Phi) is 4.59. The molecule has 0 spiro atoms. The van der Waals surface area contributed by atoms with Gasteiger partial charge in [-0.1, -0.05) is 0 Å². The molecule has 152 valence electrons. The highest BCUT2D eigenvalue weighted by molar-refractivity contribution is 5.93. The number of carbonyl (C=O) groups is 1. The fourth-order valence-electron chi connectivity index (χ4n) is 3.96. The molecule has 0 unspecified atom stereocenters. The lowest BCUT2D eigenvalue weighted by Gasteiger charge is -2.36. The summed E-state index contributed by atoms with van der Waals surface area (Å²) in [5.41, 5.74) is 4.00. The minimum Gasteiger partial charge on any atom is -0.444 e. The predicted octanol–water partition coefficient (Wildman–Crippen LogP) is 2.01. The number of H-pyrrole nitrogens is 1. The van der Waals surface area contributed by atoms with Gasteiger partial charge in [-0.2, -0.15) is 5.10 Å². The topological polar surface area (TPSA) is 88.5 Å². The highest BCUT2D eigenvalue weighted by atomic mass is 16.6. The Bertz CT molecular complexity index is 1010. The number of fused-ring (bicyclic) bond motifs is 1. The van der Waals surface area contributed by atoms with Crippen LogP contribution in [0.25, 0.3) is 22.3 Å². The van der Waals surface area contributed by atoms with Crippen LogP contribution >= 0.6 is 0 Å². The average molecular weight is 396 g/mol. The molecule has 0 aliphatic carbocycles. The summed E-state index contributed by atoms with van der Waals surface area (Å²) in [7, 11) is 1.90. The van der Waals surface area contributed by atoms with Crippen molar-refractivity contribution >= 4 is 22.8 Å². The number of amides is 1. The average Bonchev–Trinajstić information content (AvgIpc) is 3.48. The molecule has 2 aliphatic rings. The molecule has 0 bridgehead atoms. The highest BCUT2D eigenvalue weighted by Gasteiger charge is 2.27. The van der Waals surface area contributed by atoms with Crippen LogP contribution in [0, 0.1) is 0 Å². The lowest BCUT2D eigenvalue weighted by molar-refractivity contribution is 0.0534. The lowest BCUT2D eigenvalue weighted by Crippen LogP contribution is -2.49. The largest absolute Gasteiger partial charge is 0.444 e. The molecular weight excluding hydrogens is 372 g/mol. The van der Waals surface area contributed by atoms with Gasteiger partial charge in [0, 0.05) is 68.7 Å². The summed E-state index contributed by atoms with van der Waals surface area (Å²) in [6, 6.07) is 4.16. The van der Waals surface area contributed by atoms with E-state index in [-0.39, 0.29) is 12.2 Å². The van der Waals surface area contributed by atoms with E-state index in [1.54, 1.807) is 9.58 Å². The third-order valence-electron chi connectivity index (χ3n) is 5.56. The van der Waals surface area contributed by atoms with E-state index >= 15 is 0 Å². The van der Waals surface area contributed by atoms with Gasteiger partial charge < -0.3 is 24.3 Å². The molecule has 9 heteroatoms. The molecule has 2 fully saturated rings. The maximum absolute atomic E-state index is 12.4. The van der Waals surface area contributed by atoms with Crippen LogP contribution in [0.3, 0.4) is 0 Å². The molecular formula is C20H24N6O3. The van der Waals surface area contributed by atoms with Crippen LogP contribution in [-0.2, 0) is 16.5 Å². The van der Waals surface area contributed by atoms with E-state index in [1.807, 2.05) is 31.7 Å². The number of aromatic amines is 1. The summed E-state index contributed by atoms with van der Waals surface area (Å²) in [5.74, 6) is 0. The molecule has 0 aromatic carbocycles. The number of ether oxygens (including phenoxy) is 2. The quantitative estimate of drug-likeness (QED) is 0.729. The number of pyridine rings is 1. The second-order valence-electron chi connectivity index (χ2n) is 7.52. The fourth-order valence-corrected chi connectivity index (χ4v) is 3.96. The van der Waals surface area contributed by atoms with Crippen molar-refractivity contribution in [3.63, 3.8) is 0 Å². The van der Waals surface area contributed by atoms with E-state index in [2.05, 4.69) is 26.0 Å². The third-order valence-corrected chi connectivity index (χ3v) is 5.56. The Morgan fingerprint density at radius 3 is 2.90 bits per heavy atom. The summed E-state index contributed by atoms with van der Waals surface area (Å²) in [6.45, 7) is 3.95. The lowest BCUT2D eigenvalue weighted by atomic mass is 10.2. The first-order chi connectivity index (χ1) is 14.2. The minimum atomic E-state index is -0.236. The molecule has 3 aromatic heterocycles. The minimum absolute atomic E-state index is 0.105. The van der Waals surface area contributed by atoms with E-state index < -0.39 is 0 Å². The number of anilines is 1. The van der Waals surface area contributed by atoms with Gasteiger partial charge in [-0.15, -0.1) is 0 Å². The first-order valence-electron chi connectivity index (χ1n) is 9.92. The summed E-state index contributed by atoms with van der Waals surface area (Å²) in [6.07, 6.45) is 6.08. The van der Waals surface area contributed by atoms with Crippen molar-refractivity contribution in [3.05, 3.63) is 30.7 Å². The van der Waals surface area contributed by atoms with Gasteiger partial charge in [-0.05, 0) is 12.1 Å². The van der Waals surface area contributed by atoms with Crippen molar-refractivity contribution in [2.45, 2.75) is 12.5 Å². The van der Waals surface area contributed by atoms with E-state index in [9.17, 15) is 4.79 Å². The van der Waals surface area contributed by atoms with Crippen molar-refractivity contribution in [3.8, 4) is 11.3 Å². The summed E-state index contributed by atoms with van der Waals surface area (Å²) in [4.78, 5) is 24.3. The number of hydrogen-bond donors (Lipinski definition) is 1. The van der Waals surface area contributed by atoms with Gasteiger partial charge in [0.25, 0.3) is 0 Å². The molecule has 29 heavy (non-hydrogen) atoms. The summed E-state index contributed by atoms with van der Waals surface area (Å²) >= 11 is 0. The molecule has 5 rings (SSSR count). The number of hydrogen-bond acceptors (Lipinski definition) is 6. The Morgan fingerprint density at radius 1 is 1.31 bits per heavy atom. The normalized spacial score (nSPS) is 19.8. The Labute approximate surface area is 168 Å². The second-order valence-corrected chi connectivity index (χ2v) is 7.52. The SMILES string of the molecule is Cn1cc(-c2cc3c(N4CCN(C(=O)O[C@H]5CCOC5)CC4)ccnc3[nH]2)cn1. The Morgan fingerprint density at radius 2 is 2.17 bits per heavy atom. The first kappa shape index (κ1) is 18.0. The maximum Gasteiger partial charge on any atom is 0.410 e. The molecule has 0 saturated carbocycles. The van der Waals surface area contributed by atoms with Gasteiger partial charge >= 0.3 is 6.09 Å². The number of carbonyl (C=O) groups excluding carboxylic acids is 1. The molecule has 0 radical (unpaired) electrons. The molecule has 9 nitrogen and oxygen atoms in total. The van der Waals surface area contributed by atoms with Crippen LogP contribution < -0.4 is 4.90 Å². The van der Waals surface area contributed by atoms with Gasteiger partial charge in [0.15, 0.2) is 0 Å². The van der Waals surface area contributed by atoms with Crippen LogP contribution in [0.5, 0.6) is 0 Å². The van der Waals surface area contributed by atoms with Crippen LogP contribution in [0.1, 0.15) is 6.42 Å². The number of rotatable bonds is 3. The number of aryl methyl sites for hydroxylation is 1. The van der Waals surface area contributed by atoms with Crippen LogP contribution in [-0.4, -0.2) is 76.2 Å². The van der Waals surface area contributed by atoms with Gasteiger partial charge in [-0.25, -0.2) is 9.78 Å². The zero-order valence-corrected chi connectivity index (χ0v) is 16.4. The monoisotopic (exact) mass is 396 g/mol. The molecule has 3 aromatic rings. The fraction of sp³-hybridized carbons (Fsp3) is 0.450. The van der Waals surface area contributed by atoms with Crippen molar-refractivity contribution in [1.29, 1.82) is 0 Å². The Balaban J connectivity index is 1.30.